The van der Waals surface area contributed by atoms with E-state index in [1.165, 1.54) is 23.3 Å². The number of piperidine rings is 1. The van der Waals surface area contributed by atoms with Gasteiger partial charge in [-0.2, -0.15) is 0 Å². The number of nitrogens with one attached hydrogen (secondary N) is 2. The lowest BCUT2D eigenvalue weighted by atomic mass is 9.98. The number of benzene rings is 1. The molecule has 1 saturated heterocycles. The third kappa shape index (κ3) is 3.85. The zero-order chi connectivity index (χ0) is 15.6. The van der Waals surface area contributed by atoms with Crippen LogP contribution in [0.5, 0.6) is 0 Å². The van der Waals surface area contributed by atoms with Crippen molar-refractivity contribution < 1.29 is 9.69 Å². The van der Waals surface area contributed by atoms with Crippen molar-refractivity contribution >= 4 is 11.6 Å². The summed E-state index contributed by atoms with van der Waals surface area (Å²) in [6.45, 7) is 12.8. The molecule has 1 aromatic carbocycles. The van der Waals surface area contributed by atoms with Gasteiger partial charge in [0.25, 0.3) is 5.91 Å². The van der Waals surface area contributed by atoms with Crippen molar-refractivity contribution in [1.82, 2.24) is 0 Å². The molecule has 0 radical (unpaired) electrons. The molecule has 0 bridgehead atoms. The minimum atomic E-state index is 0.0212. The van der Waals surface area contributed by atoms with Gasteiger partial charge < -0.3 is 10.2 Å². The SMILES string of the molecule is Cc1cc(C)c(NC(=O)[C@H](C)[NH+]2CCC[C@H](C)C2)c(C)c1. The molecule has 0 aliphatic carbocycles. The van der Waals surface area contributed by atoms with Crippen LogP contribution in [0, 0.1) is 26.7 Å². The van der Waals surface area contributed by atoms with Gasteiger partial charge in [0.1, 0.15) is 0 Å². The minimum Gasteiger partial charge on any atom is -0.325 e. The molecule has 116 valence electrons. The average molecular weight is 289 g/mol. The first kappa shape index (κ1) is 16.0. The lowest BCUT2D eigenvalue weighted by molar-refractivity contribution is -0.922. The number of hydrogen-bond donors (Lipinski definition) is 2. The van der Waals surface area contributed by atoms with E-state index in [2.05, 4.69) is 52.1 Å². The molecule has 0 spiro atoms. The molecule has 1 aromatic rings. The zero-order valence-electron chi connectivity index (χ0n) is 14.0. The van der Waals surface area contributed by atoms with Crippen LogP contribution in [-0.4, -0.2) is 25.0 Å². The number of anilines is 1. The number of hydrogen-bond acceptors (Lipinski definition) is 1. The van der Waals surface area contributed by atoms with Gasteiger partial charge in [-0.1, -0.05) is 24.6 Å². The van der Waals surface area contributed by atoms with Crippen LogP contribution in [0.25, 0.3) is 0 Å². The van der Waals surface area contributed by atoms with E-state index in [1.54, 1.807) is 0 Å². The lowest BCUT2D eigenvalue weighted by Gasteiger charge is -2.32. The van der Waals surface area contributed by atoms with Gasteiger partial charge in [-0.3, -0.25) is 4.79 Å². The summed E-state index contributed by atoms with van der Waals surface area (Å²) in [7, 11) is 0. The molecule has 1 amide bonds. The third-order valence-corrected chi connectivity index (χ3v) is 4.74. The summed E-state index contributed by atoms with van der Waals surface area (Å²) >= 11 is 0. The molecule has 3 heteroatoms. The Balaban J connectivity index is 2.07. The molecule has 2 rings (SSSR count). The molecular weight excluding hydrogens is 260 g/mol. The molecule has 0 saturated carbocycles. The van der Waals surface area contributed by atoms with Crippen LogP contribution < -0.4 is 10.2 Å². The van der Waals surface area contributed by atoms with E-state index in [-0.39, 0.29) is 11.9 Å². The van der Waals surface area contributed by atoms with Crippen LogP contribution in [0.4, 0.5) is 5.69 Å². The van der Waals surface area contributed by atoms with Crippen LogP contribution >= 0.6 is 0 Å². The van der Waals surface area contributed by atoms with E-state index >= 15 is 0 Å². The monoisotopic (exact) mass is 289 g/mol. The Labute approximate surface area is 128 Å². The molecule has 1 aliphatic heterocycles. The number of likely N-dealkylation sites (tertiary alicyclic amines) is 1. The van der Waals surface area contributed by atoms with Crippen molar-refractivity contribution in [2.75, 3.05) is 18.4 Å². The molecule has 3 atom stereocenters. The molecule has 1 aliphatic rings. The van der Waals surface area contributed by atoms with E-state index in [1.807, 2.05) is 0 Å². The second-order valence-electron chi connectivity index (χ2n) is 6.84. The van der Waals surface area contributed by atoms with Gasteiger partial charge in [0.2, 0.25) is 0 Å². The maximum absolute atomic E-state index is 12.6. The number of amides is 1. The van der Waals surface area contributed by atoms with Crippen molar-refractivity contribution in [2.24, 2.45) is 5.92 Å². The van der Waals surface area contributed by atoms with Gasteiger partial charge in [0.15, 0.2) is 6.04 Å². The molecule has 0 aromatic heterocycles. The quantitative estimate of drug-likeness (QED) is 0.879. The molecular formula is C18H29N2O+. The first-order valence-corrected chi connectivity index (χ1v) is 8.11. The fourth-order valence-corrected chi connectivity index (χ4v) is 3.52. The number of carbonyl (C=O) groups excluding carboxylic acids is 1. The van der Waals surface area contributed by atoms with Gasteiger partial charge in [-0.25, -0.2) is 0 Å². The van der Waals surface area contributed by atoms with Crippen molar-refractivity contribution in [2.45, 2.75) is 53.5 Å². The minimum absolute atomic E-state index is 0.0212. The summed E-state index contributed by atoms with van der Waals surface area (Å²) in [5.41, 5.74) is 4.53. The number of rotatable bonds is 3. The highest BCUT2D eigenvalue weighted by atomic mass is 16.2. The smallest absolute Gasteiger partial charge is 0.282 e. The normalized spacial score (nSPS) is 23.7. The molecule has 21 heavy (non-hydrogen) atoms. The molecule has 1 fully saturated rings. The predicted molar refractivity (Wildman–Crippen MR) is 87.8 cm³/mol. The summed E-state index contributed by atoms with van der Waals surface area (Å²) < 4.78 is 0. The first-order chi connectivity index (χ1) is 9.88. The van der Waals surface area contributed by atoms with Gasteiger partial charge in [0.05, 0.1) is 13.1 Å². The van der Waals surface area contributed by atoms with Crippen molar-refractivity contribution in [3.63, 3.8) is 0 Å². The van der Waals surface area contributed by atoms with Crippen LogP contribution in [-0.2, 0) is 4.79 Å². The molecule has 3 nitrogen and oxygen atoms in total. The van der Waals surface area contributed by atoms with Gasteiger partial charge >= 0.3 is 0 Å². The Morgan fingerprint density at radius 1 is 1.29 bits per heavy atom. The standard InChI is InChI=1S/C18H28N2O/c1-12-7-6-8-20(11-12)16(5)18(21)19-17-14(3)9-13(2)10-15(17)4/h9-10,12,16H,6-8,11H2,1-5H3,(H,19,21)/p+1/t12-,16-/m0/s1. The first-order valence-electron chi connectivity index (χ1n) is 8.11. The van der Waals surface area contributed by atoms with Crippen LogP contribution in [0.2, 0.25) is 0 Å². The highest BCUT2D eigenvalue weighted by Gasteiger charge is 2.29. The lowest BCUT2D eigenvalue weighted by Crippen LogP contribution is -3.17. The summed E-state index contributed by atoms with van der Waals surface area (Å²) in [5.74, 6) is 0.876. The molecule has 1 heterocycles. The van der Waals surface area contributed by atoms with E-state index in [9.17, 15) is 4.79 Å². The Morgan fingerprint density at radius 3 is 2.48 bits per heavy atom. The summed E-state index contributed by atoms with van der Waals surface area (Å²) in [4.78, 5) is 14.0. The van der Waals surface area contributed by atoms with Crippen LogP contribution in [0.1, 0.15) is 43.4 Å². The number of aryl methyl sites for hydroxylation is 3. The zero-order valence-corrected chi connectivity index (χ0v) is 14.0. The molecule has 2 N–H and O–H groups in total. The average Bonchev–Trinajstić information content (AvgIpc) is 2.41. The fourth-order valence-electron chi connectivity index (χ4n) is 3.52. The largest absolute Gasteiger partial charge is 0.325 e. The maximum atomic E-state index is 12.6. The van der Waals surface area contributed by atoms with E-state index in [0.717, 1.165) is 35.8 Å². The van der Waals surface area contributed by atoms with E-state index < -0.39 is 0 Å². The van der Waals surface area contributed by atoms with E-state index in [4.69, 9.17) is 0 Å². The number of quaternary nitrogens is 1. The van der Waals surface area contributed by atoms with Gasteiger partial charge in [-0.15, -0.1) is 0 Å². The Bertz CT molecular complexity index is 501. The Kier molecular flexibility index (Phi) is 5.04. The maximum Gasteiger partial charge on any atom is 0.282 e. The van der Waals surface area contributed by atoms with Crippen molar-refractivity contribution in [3.05, 3.63) is 28.8 Å². The van der Waals surface area contributed by atoms with Crippen molar-refractivity contribution in [1.29, 1.82) is 0 Å². The molecule has 1 unspecified atom stereocenters. The highest BCUT2D eigenvalue weighted by molar-refractivity contribution is 5.95. The Hall–Kier alpha value is -1.35. The summed E-state index contributed by atoms with van der Waals surface area (Å²) in [6, 6.07) is 4.28. The topological polar surface area (TPSA) is 33.5 Å². The van der Waals surface area contributed by atoms with Gasteiger partial charge in [0, 0.05) is 11.6 Å². The fraction of sp³-hybridized carbons (Fsp3) is 0.611. The second-order valence-corrected chi connectivity index (χ2v) is 6.84. The highest BCUT2D eigenvalue weighted by Crippen LogP contribution is 2.22. The predicted octanol–water partition coefficient (Wildman–Crippen LogP) is 2.25. The second kappa shape index (κ2) is 6.61. The Morgan fingerprint density at radius 2 is 1.90 bits per heavy atom. The van der Waals surface area contributed by atoms with Gasteiger partial charge in [-0.05, 0) is 51.7 Å². The summed E-state index contributed by atoms with van der Waals surface area (Å²) in [5, 5.41) is 3.16. The third-order valence-electron chi connectivity index (χ3n) is 4.74. The van der Waals surface area contributed by atoms with Crippen LogP contribution in [0.3, 0.4) is 0 Å². The van der Waals surface area contributed by atoms with Crippen LogP contribution in [0.15, 0.2) is 12.1 Å². The van der Waals surface area contributed by atoms with E-state index in [0.29, 0.717) is 0 Å². The number of carbonyl (C=O) groups is 1. The summed E-state index contributed by atoms with van der Waals surface area (Å²) in [6.07, 6.45) is 2.53. The van der Waals surface area contributed by atoms with Crippen molar-refractivity contribution in [3.8, 4) is 0 Å².